The number of rotatable bonds is 8. The maximum atomic E-state index is 13.3. The quantitative estimate of drug-likeness (QED) is 0.470. The predicted molar refractivity (Wildman–Crippen MR) is 105 cm³/mol. The molecule has 0 bridgehead atoms. The number of para-hydroxylation sites is 1. The summed E-state index contributed by atoms with van der Waals surface area (Å²) in [4.78, 5) is 12.0. The van der Waals surface area contributed by atoms with E-state index in [1.54, 1.807) is 12.1 Å². The number of halogens is 1. The van der Waals surface area contributed by atoms with E-state index < -0.39 is 0 Å². The molecule has 0 unspecified atom stereocenters. The standard InChI is InChI=1S/C20H21FN4OS/c1-2-3-13-22-18(26)14-27-20-24-23-19(15-9-11-16(21)12-10-15)25(20)17-7-5-4-6-8-17/h4-12H,2-3,13-14H2,1H3,(H,22,26). The third-order valence-corrected chi connectivity index (χ3v) is 4.86. The van der Waals surface area contributed by atoms with Crippen molar-refractivity contribution in [2.45, 2.75) is 24.9 Å². The number of carbonyl (C=O) groups excluding carboxylic acids is 1. The molecule has 0 aliphatic carbocycles. The Morgan fingerprint density at radius 3 is 2.56 bits per heavy atom. The van der Waals surface area contributed by atoms with E-state index >= 15 is 0 Å². The molecule has 7 heteroatoms. The molecular weight excluding hydrogens is 363 g/mol. The van der Waals surface area contributed by atoms with Crippen LogP contribution in [-0.4, -0.2) is 33.0 Å². The highest BCUT2D eigenvalue weighted by atomic mass is 32.2. The number of thioether (sulfide) groups is 1. The average molecular weight is 384 g/mol. The number of carbonyl (C=O) groups is 1. The molecule has 0 saturated heterocycles. The van der Waals surface area contributed by atoms with Gasteiger partial charge in [-0.2, -0.15) is 0 Å². The first-order valence-electron chi connectivity index (χ1n) is 8.85. The van der Waals surface area contributed by atoms with Gasteiger partial charge in [0, 0.05) is 17.8 Å². The Labute approximate surface area is 162 Å². The first-order chi connectivity index (χ1) is 13.2. The molecule has 0 atom stereocenters. The van der Waals surface area contributed by atoms with Crippen molar-refractivity contribution >= 4 is 17.7 Å². The van der Waals surface area contributed by atoms with Gasteiger partial charge in [0.1, 0.15) is 5.82 Å². The zero-order chi connectivity index (χ0) is 19.1. The lowest BCUT2D eigenvalue weighted by Gasteiger charge is -2.10. The summed E-state index contributed by atoms with van der Waals surface area (Å²) in [5.41, 5.74) is 1.64. The number of unbranched alkanes of at least 4 members (excludes halogenated alkanes) is 1. The lowest BCUT2D eigenvalue weighted by molar-refractivity contribution is -0.118. The highest BCUT2D eigenvalue weighted by molar-refractivity contribution is 7.99. The first kappa shape index (κ1) is 19.1. The molecule has 0 fully saturated rings. The fraction of sp³-hybridized carbons (Fsp3) is 0.250. The SMILES string of the molecule is CCCCNC(=O)CSc1nnc(-c2ccc(F)cc2)n1-c1ccccc1. The molecule has 0 spiro atoms. The van der Waals surface area contributed by atoms with E-state index in [1.807, 2.05) is 34.9 Å². The Hall–Kier alpha value is -2.67. The van der Waals surface area contributed by atoms with Crippen LogP contribution in [0.3, 0.4) is 0 Å². The van der Waals surface area contributed by atoms with Gasteiger partial charge in [-0.25, -0.2) is 4.39 Å². The number of hydrogen-bond acceptors (Lipinski definition) is 4. The monoisotopic (exact) mass is 384 g/mol. The van der Waals surface area contributed by atoms with Gasteiger partial charge in [-0.3, -0.25) is 9.36 Å². The van der Waals surface area contributed by atoms with Crippen LogP contribution in [0.2, 0.25) is 0 Å². The summed E-state index contributed by atoms with van der Waals surface area (Å²) in [6, 6.07) is 15.8. The van der Waals surface area contributed by atoms with Gasteiger partial charge in [0.15, 0.2) is 11.0 Å². The third kappa shape index (κ3) is 4.95. The van der Waals surface area contributed by atoms with Crippen molar-refractivity contribution in [3.63, 3.8) is 0 Å². The Balaban J connectivity index is 1.86. The van der Waals surface area contributed by atoms with Gasteiger partial charge >= 0.3 is 0 Å². The van der Waals surface area contributed by atoms with Gasteiger partial charge in [-0.15, -0.1) is 10.2 Å². The molecule has 0 radical (unpaired) electrons. The van der Waals surface area contributed by atoms with Crippen LogP contribution >= 0.6 is 11.8 Å². The van der Waals surface area contributed by atoms with Crippen molar-refractivity contribution in [1.82, 2.24) is 20.1 Å². The number of nitrogens with zero attached hydrogens (tertiary/aromatic N) is 3. The molecule has 2 aromatic carbocycles. The van der Waals surface area contributed by atoms with Crippen LogP contribution in [0.15, 0.2) is 59.8 Å². The summed E-state index contributed by atoms with van der Waals surface area (Å²) in [6.07, 6.45) is 2.00. The smallest absolute Gasteiger partial charge is 0.230 e. The summed E-state index contributed by atoms with van der Waals surface area (Å²) in [6.45, 7) is 2.77. The minimum Gasteiger partial charge on any atom is -0.355 e. The minimum absolute atomic E-state index is 0.0283. The maximum absolute atomic E-state index is 13.3. The van der Waals surface area contributed by atoms with E-state index in [1.165, 1.54) is 23.9 Å². The average Bonchev–Trinajstić information content (AvgIpc) is 3.12. The van der Waals surface area contributed by atoms with Crippen LogP contribution in [-0.2, 0) is 4.79 Å². The van der Waals surface area contributed by atoms with E-state index in [4.69, 9.17) is 0 Å². The molecule has 1 N–H and O–H groups in total. The van der Waals surface area contributed by atoms with Crippen LogP contribution in [0.4, 0.5) is 4.39 Å². The van der Waals surface area contributed by atoms with Crippen LogP contribution in [0, 0.1) is 5.82 Å². The molecule has 0 aliphatic heterocycles. The maximum Gasteiger partial charge on any atom is 0.230 e. The third-order valence-electron chi connectivity index (χ3n) is 3.94. The lowest BCUT2D eigenvalue weighted by atomic mass is 10.2. The Bertz CT molecular complexity index is 881. The second-order valence-corrected chi connectivity index (χ2v) is 6.92. The molecular formula is C20H21FN4OS. The summed E-state index contributed by atoms with van der Waals surface area (Å²) in [7, 11) is 0. The zero-order valence-electron chi connectivity index (χ0n) is 15.1. The lowest BCUT2D eigenvalue weighted by Crippen LogP contribution is -2.26. The van der Waals surface area contributed by atoms with Crippen molar-refractivity contribution < 1.29 is 9.18 Å². The van der Waals surface area contributed by atoms with Gasteiger partial charge in [-0.05, 0) is 42.8 Å². The fourth-order valence-corrected chi connectivity index (χ4v) is 3.33. The van der Waals surface area contributed by atoms with Crippen LogP contribution in [0.5, 0.6) is 0 Å². The van der Waals surface area contributed by atoms with Gasteiger partial charge in [-0.1, -0.05) is 43.3 Å². The minimum atomic E-state index is -0.303. The molecule has 0 aliphatic rings. The Morgan fingerprint density at radius 2 is 1.85 bits per heavy atom. The Kier molecular flexibility index (Phi) is 6.59. The van der Waals surface area contributed by atoms with Crippen molar-refractivity contribution in [3.8, 4) is 17.1 Å². The predicted octanol–water partition coefficient (Wildman–Crippen LogP) is 4.08. The largest absolute Gasteiger partial charge is 0.355 e. The molecule has 3 aromatic rings. The normalized spacial score (nSPS) is 10.7. The van der Waals surface area contributed by atoms with E-state index in [0.29, 0.717) is 17.5 Å². The summed E-state index contributed by atoms with van der Waals surface area (Å²) >= 11 is 1.33. The number of hydrogen-bond donors (Lipinski definition) is 1. The van der Waals surface area contributed by atoms with E-state index in [2.05, 4.69) is 22.4 Å². The van der Waals surface area contributed by atoms with Gasteiger partial charge < -0.3 is 5.32 Å². The van der Waals surface area contributed by atoms with E-state index in [0.717, 1.165) is 24.1 Å². The molecule has 1 amide bonds. The first-order valence-corrected chi connectivity index (χ1v) is 9.84. The van der Waals surface area contributed by atoms with Crippen molar-refractivity contribution in [2.24, 2.45) is 0 Å². The molecule has 1 heterocycles. The van der Waals surface area contributed by atoms with Crippen LogP contribution in [0.25, 0.3) is 17.1 Å². The summed E-state index contributed by atoms with van der Waals surface area (Å²) < 4.78 is 15.2. The molecule has 140 valence electrons. The van der Waals surface area contributed by atoms with Gasteiger partial charge in [0.05, 0.1) is 5.75 Å². The molecule has 1 aromatic heterocycles. The van der Waals surface area contributed by atoms with Crippen LogP contribution in [0.1, 0.15) is 19.8 Å². The molecule has 3 rings (SSSR count). The molecule has 27 heavy (non-hydrogen) atoms. The highest BCUT2D eigenvalue weighted by Crippen LogP contribution is 2.27. The summed E-state index contributed by atoms with van der Waals surface area (Å²) in [5.74, 6) is 0.537. The fourth-order valence-electron chi connectivity index (χ4n) is 2.54. The van der Waals surface area contributed by atoms with E-state index in [-0.39, 0.29) is 17.5 Å². The van der Waals surface area contributed by atoms with Crippen molar-refractivity contribution in [3.05, 3.63) is 60.4 Å². The second-order valence-electron chi connectivity index (χ2n) is 5.98. The highest BCUT2D eigenvalue weighted by Gasteiger charge is 2.17. The number of aromatic nitrogens is 3. The molecule has 0 saturated carbocycles. The number of nitrogens with one attached hydrogen (secondary N) is 1. The van der Waals surface area contributed by atoms with E-state index in [9.17, 15) is 9.18 Å². The van der Waals surface area contributed by atoms with Gasteiger partial charge in [0.2, 0.25) is 5.91 Å². The Morgan fingerprint density at radius 1 is 1.11 bits per heavy atom. The summed E-state index contributed by atoms with van der Waals surface area (Å²) in [5, 5.41) is 12.1. The van der Waals surface area contributed by atoms with Crippen LogP contribution < -0.4 is 5.32 Å². The number of amides is 1. The number of benzene rings is 2. The topological polar surface area (TPSA) is 59.8 Å². The zero-order valence-corrected chi connectivity index (χ0v) is 15.9. The van der Waals surface area contributed by atoms with Crippen molar-refractivity contribution in [1.29, 1.82) is 0 Å². The molecule has 5 nitrogen and oxygen atoms in total. The second kappa shape index (κ2) is 9.32. The van der Waals surface area contributed by atoms with Crippen molar-refractivity contribution in [2.75, 3.05) is 12.3 Å². The van der Waals surface area contributed by atoms with Gasteiger partial charge in [0.25, 0.3) is 0 Å².